The second-order valence-corrected chi connectivity index (χ2v) is 8.04. The lowest BCUT2D eigenvalue weighted by Gasteiger charge is -2.13. The quantitative estimate of drug-likeness (QED) is 0.594. The van der Waals surface area contributed by atoms with E-state index in [-0.39, 0.29) is 5.82 Å². The van der Waals surface area contributed by atoms with E-state index in [0.717, 1.165) is 35.2 Å². The van der Waals surface area contributed by atoms with Gasteiger partial charge in [0.25, 0.3) is 0 Å². The normalized spacial score (nSPS) is 18.0. The zero-order valence-corrected chi connectivity index (χ0v) is 16.2. The fourth-order valence-corrected chi connectivity index (χ4v) is 4.18. The van der Waals surface area contributed by atoms with Gasteiger partial charge in [-0.3, -0.25) is 0 Å². The first-order chi connectivity index (χ1) is 12.8. The van der Waals surface area contributed by atoms with Gasteiger partial charge < -0.3 is 10.1 Å². The highest BCUT2D eigenvalue weighted by atomic mass is 32.1. The van der Waals surface area contributed by atoms with Crippen LogP contribution in [-0.4, -0.2) is 24.7 Å². The van der Waals surface area contributed by atoms with E-state index in [0.29, 0.717) is 6.61 Å². The van der Waals surface area contributed by atoms with Crippen molar-refractivity contribution in [2.24, 2.45) is 5.92 Å². The first-order valence-electron chi connectivity index (χ1n) is 9.80. The Kier molecular flexibility index (Phi) is 8.05. The second kappa shape index (κ2) is 10.8. The van der Waals surface area contributed by atoms with Crippen LogP contribution in [0.3, 0.4) is 0 Å². The van der Waals surface area contributed by atoms with Crippen molar-refractivity contribution in [3.63, 3.8) is 0 Å². The minimum atomic E-state index is -0.220. The Labute approximate surface area is 160 Å². The van der Waals surface area contributed by atoms with Crippen LogP contribution in [0.5, 0.6) is 0 Å². The number of halogens is 1. The number of benzene rings is 1. The van der Waals surface area contributed by atoms with E-state index in [9.17, 15) is 4.39 Å². The summed E-state index contributed by atoms with van der Waals surface area (Å²) in [5, 5.41) is 6.53. The van der Waals surface area contributed by atoms with Gasteiger partial charge in [0.2, 0.25) is 0 Å². The summed E-state index contributed by atoms with van der Waals surface area (Å²) in [6.45, 7) is 3.77. The summed E-state index contributed by atoms with van der Waals surface area (Å²) >= 11 is 1.60. The van der Waals surface area contributed by atoms with E-state index in [1.165, 1.54) is 63.7 Å². The summed E-state index contributed by atoms with van der Waals surface area (Å²) in [5.74, 6) is 0.654. The van der Waals surface area contributed by atoms with Gasteiger partial charge in [0.1, 0.15) is 10.8 Å². The number of nitrogens with zero attached hydrogens (tertiary/aromatic N) is 1. The van der Waals surface area contributed by atoms with Crippen molar-refractivity contribution in [1.82, 2.24) is 10.3 Å². The molecule has 5 heteroatoms. The average Bonchev–Trinajstić information content (AvgIpc) is 2.97. The van der Waals surface area contributed by atoms with Crippen LogP contribution < -0.4 is 5.32 Å². The molecule has 0 amide bonds. The summed E-state index contributed by atoms with van der Waals surface area (Å²) in [6, 6.07) is 6.46. The summed E-state index contributed by atoms with van der Waals surface area (Å²) in [5.41, 5.74) is 1.84. The van der Waals surface area contributed by atoms with Crippen LogP contribution in [0.2, 0.25) is 0 Å². The Bertz CT molecular complexity index is 636. The summed E-state index contributed by atoms with van der Waals surface area (Å²) in [7, 11) is 0. The molecule has 1 aliphatic heterocycles. The molecule has 1 fully saturated rings. The van der Waals surface area contributed by atoms with Crippen molar-refractivity contribution >= 4 is 11.3 Å². The van der Waals surface area contributed by atoms with Gasteiger partial charge in [0, 0.05) is 17.6 Å². The number of unbranched alkanes of at least 4 members (excludes halogenated alkanes) is 2. The van der Waals surface area contributed by atoms with Crippen LogP contribution >= 0.6 is 11.3 Å². The molecule has 3 rings (SSSR count). The van der Waals surface area contributed by atoms with E-state index < -0.39 is 0 Å². The standard InChI is InChI=1S/C21H29FN2OS/c22-19-10-8-18(9-11-19)20-16-26-21(24-20)15-25-13-5-1-2-6-17-7-3-4-12-23-14-17/h8-11,16-17,23H,1-7,12-15H2. The lowest BCUT2D eigenvalue weighted by atomic mass is 9.96. The number of hydrogen-bond donors (Lipinski definition) is 1. The number of nitrogens with one attached hydrogen (secondary N) is 1. The number of aromatic nitrogens is 1. The van der Waals surface area contributed by atoms with Crippen LogP contribution in [0.25, 0.3) is 11.3 Å². The molecule has 1 aromatic carbocycles. The van der Waals surface area contributed by atoms with Gasteiger partial charge in [-0.2, -0.15) is 0 Å². The maximum atomic E-state index is 13.0. The minimum absolute atomic E-state index is 0.220. The molecule has 0 radical (unpaired) electrons. The van der Waals surface area contributed by atoms with Gasteiger partial charge in [-0.05, 0) is 69.0 Å². The third-order valence-corrected chi connectivity index (χ3v) is 5.79. The van der Waals surface area contributed by atoms with E-state index in [4.69, 9.17) is 4.74 Å². The lowest BCUT2D eigenvalue weighted by molar-refractivity contribution is 0.116. The molecule has 1 aromatic heterocycles. The smallest absolute Gasteiger partial charge is 0.123 e. The van der Waals surface area contributed by atoms with Gasteiger partial charge in [-0.25, -0.2) is 9.37 Å². The highest BCUT2D eigenvalue weighted by Crippen LogP contribution is 2.23. The zero-order chi connectivity index (χ0) is 18.0. The molecule has 1 saturated heterocycles. The summed E-state index contributed by atoms with van der Waals surface area (Å²) in [4.78, 5) is 4.58. The third-order valence-electron chi connectivity index (χ3n) is 4.97. The Hall–Kier alpha value is -1.30. The Balaban J connectivity index is 1.27. The fraction of sp³-hybridized carbons (Fsp3) is 0.571. The van der Waals surface area contributed by atoms with Gasteiger partial charge in [-0.1, -0.05) is 19.3 Å². The maximum absolute atomic E-state index is 13.0. The van der Waals surface area contributed by atoms with Crippen LogP contribution in [0.1, 0.15) is 50.0 Å². The zero-order valence-electron chi connectivity index (χ0n) is 15.4. The lowest BCUT2D eigenvalue weighted by Crippen LogP contribution is -2.20. The van der Waals surface area contributed by atoms with Crippen molar-refractivity contribution < 1.29 is 9.13 Å². The SMILES string of the molecule is Fc1ccc(-c2csc(COCCCCCC3CCCCNC3)n2)cc1. The van der Waals surface area contributed by atoms with Crippen LogP contribution in [-0.2, 0) is 11.3 Å². The molecule has 2 aromatic rings. The number of hydrogen-bond acceptors (Lipinski definition) is 4. The molecular formula is C21H29FN2OS. The Morgan fingerprint density at radius 1 is 1.15 bits per heavy atom. The molecule has 26 heavy (non-hydrogen) atoms. The van der Waals surface area contributed by atoms with E-state index >= 15 is 0 Å². The van der Waals surface area contributed by atoms with Gasteiger partial charge in [0.05, 0.1) is 12.3 Å². The van der Waals surface area contributed by atoms with Gasteiger partial charge in [-0.15, -0.1) is 11.3 Å². The topological polar surface area (TPSA) is 34.1 Å². The first kappa shape index (κ1) is 19.5. The molecule has 2 heterocycles. The highest BCUT2D eigenvalue weighted by molar-refractivity contribution is 7.09. The van der Waals surface area contributed by atoms with Gasteiger partial charge in [0.15, 0.2) is 0 Å². The predicted octanol–water partition coefficient (Wildman–Crippen LogP) is 5.42. The largest absolute Gasteiger partial charge is 0.374 e. The van der Waals surface area contributed by atoms with Crippen LogP contribution in [0.4, 0.5) is 4.39 Å². The third kappa shape index (κ3) is 6.45. The molecule has 0 saturated carbocycles. The van der Waals surface area contributed by atoms with E-state index in [2.05, 4.69) is 10.3 Å². The first-order valence-corrected chi connectivity index (χ1v) is 10.7. The van der Waals surface area contributed by atoms with Gasteiger partial charge >= 0.3 is 0 Å². The molecule has 142 valence electrons. The van der Waals surface area contributed by atoms with Crippen LogP contribution in [0, 0.1) is 11.7 Å². The average molecular weight is 377 g/mol. The van der Waals surface area contributed by atoms with Crippen molar-refractivity contribution in [3.05, 3.63) is 40.5 Å². The molecule has 1 unspecified atom stereocenters. The molecular weight excluding hydrogens is 347 g/mol. The number of thiazole rings is 1. The van der Waals surface area contributed by atoms with Crippen molar-refractivity contribution in [3.8, 4) is 11.3 Å². The van der Waals surface area contributed by atoms with Crippen LogP contribution in [0.15, 0.2) is 29.6 Å². The monoisotopic (exact) mass is 376 g/mol. The predicted molar refractivity (Wildman–Crippen MR) is 106 cm³/mol. The summed E-state index contributed by atoms with van der Waals surface area (Å²) in [6.07, 6.45) is 9.14. The molecule has 0 spiro atoms. The van der Waals surface area contributed by atoms with Crippen molar-refractivity contribution in [1.29, 1.82) is 0 Å². The highest BCUT2D eigenvalue weighted by Gasteiger charge is 2.11. The van der Waals surface area contributed by atoms with Crippen molar-refractivity contribution in [2.45, 2.75) is 51.6 Å². The molecule has 0 bridgehead atoms. The number of ether oxygens (including phenoxy) is 1. The molecule has 1 atom stereocenters. The Morgan fingerprint density at radius 3 is 2.92 bits per heavy atom. The molecule has 1 N–H and O–H groups in total. The van der Waals surface area contributed by atoms with E-state index in [1.807, 2.05) is 5.38 Å². The molecule has 3 nitrogen and oxygen atoms in total. The molecule has 1 aliphatic rings. The van der Waals surface area contributed by atoms with E-state index in [1.54, 1.807) is 23.5 Å². The Morgan fingerprint density at radius 2 is 2.04 bits per heavy atom. The second-order valence-electron chi connectivity index (χ2n) is 7.10. The maximum Gasteiger partial charge on any atom is 0.123 e. The fourth-order valence-electron chi connectivity index (χ4n) is 3.44. The minimum Gasteiger partial charge on any atom is -0.374 e. The summed E-state index contributed by atoms with van der Waals surface area (Å²) < 4.78 is 18.8. The molecule has 0 aliphatic carbocycles. The van der Waals surface area contributed by atoms with Crippen molar-refractivity contribution in [2.75, 3.05) is 19.7 Å². The number of rotatable bonds is 9.